The number of fused-ring (bicyclic) bond motifs is 1. The Hall–Kier alpha value is -2.41. The fraction of sp³-hybridized carbons (Fsp3) is 0.500. The third-order valence-electron chi connectivity index (χ3n) is 5.30. The van der Waals surface area contributed by atoms with Crippen LogP contribution in [-0.2, 0) is 22.6 Å². The lowest BCUT2D eigenvalue weighted by Gasteiger charge is -2.29. The summed E-state index contributed by atoms with van der Waals surface area (Å²) in [5, 5.41) is 8.77. The Morgan fingerprint density at radius 1 is 1.20 bits per heavy atom. The number of hydrogen-bond donors (Lipinski definition) is 1. The molecular weight excluding hydrogens is 320 g/mol. The van der Waals surface area contributed by atoms with Gasteiger partial charge in [0.25, 0.3) is 0 Å². The highest BCUT2D eigenvalue weighted by Crippen LogP contribution is 2.29. The Kier molecular flexibility index (Phi) is 4.17. The number of hydrogen-bond acceptors (Lipinski definition) is 4. The molecule has 7 heteroatoms. The smallest absolute Gasteiger partial charge is 0.246 e. The van der Waals surface area contributed by atoms with Crippen molar-refractivity contribution in [1.82, 2.24) is 19.4 Å². The molecule has 4 rings (SSSR count). The lowest BCUT2D eigenvalue weighted by Crippen LogP contribution is -2.41. The molecule has 0 aromatic carbocycles. The molecular formula is C18H22N4O3. The third kappa shape index (κ3) is 3.00. The summed E-state index contributed by atoms with van der Waals surface area (Å²) in [4.78, 5) is 32.9. The largest absolute Gasteiger partial charge is 0.392 e. The SMILES string of the molecule is O=C(/C=C/CO)N1CC2=C(C1)CN(C(=O)C1CCc3nccn3C1)C2. The van der Waals surface area contributed by atoms with E-state index >= 15 is 0 Å². The molecule has 3 aliphatic rings. The summed E-state index contributed by atoms with van der Waals surface area (Å²) < 4.78 is 2.08. The van der Waals surface area contributed by atoms with Crippen molar-refractivity contribution >= 4 is 11.8 Å². The molecule has 0 saturated heterocycles. The second-order valence-corrected chi connectivity index (χ2v) is 6.91. The van der Waals surface area contributed by atoms with Crippen molar-refractivity contribution in [1.29, 1.82) is 0 Å². The second-order valence-electron chi connectivity index (χ2n) is 6.91. The number of carbonyl (C=O) groups excluding carboxylic acids is 2. The van der Waals surface area contributed by atoms with E-state index in [2.05, 4.69) is 9.55 Å². The van der Waals surface area contributed by atoms with Gasteiger partial charge in [0.15, 0.2) is 0 Å². The van der Waals surface area contributed by atoms with E-state index < -0.39 is 0 Å². The first-order valence-corrected chi connectivity index (χ1v) is 8.70. The van der Waals surface area contributed by atoms with Gasteiger partial charge in [0, 0.05) is 57.6 Å². The van der Waals surface area contributed by atoms with Crippen LogP contribution in [0.1, 0.15) is 12.2 Å². The highest BCUT2D eigenvalue weighted by atomic mass is 16.2. The van der Waals surface area contributed by atoms with Gasteiger partial charge in [-0.3, -0.25) is 9.59 Å². The lowest BCUT2D eigenvalue weighted by molar-refractivity contribution is -0.135. The lowest BCUT2D eigenvalue weighted by atomic mass is 9.98. The molecule has 0 aliphatic carbocycles. The van der Waals surface area contributed by atoms with Gasteiger partial charge in [-0.25, -0.2) is 4.98 Å². The predicted octanol–water partition coefficient (Wildman–Crippen LogP) is -0.0250. The van der Waals surface area contributed by atoms with Crippen LogP contribution in [0.3, 0.4) is 0 Å². The van der Waals surface area contributed by atoms with Crippen LogP contribution in [0.15, 0.2) is 35.7 Å². The van der Waals surface area contributed by atoms with Crippen molar-refractivity contribution in [2.24, 2.45) is 5.92 Å². The molecule has 0 saturated carbocycles. The van der Waals surface area contributed by atoms with E-state index in [1.807, 2.05) is 11.1 Å². The Bertz CT molecular complexity index is 746. The number of carbonyl (C=O) groups is 2. The van der Waals surface area contributed by atoms with E-state index in [4.69, 9.17) is 5.11 Å². The van der Waals surface area contributed by atoms with Crippen molar-refractivity contribution in [3.8, 4) is 0 Å². The van der Waals surface area contributed by atoms with Gasteiger partial charge in [-0.15, -0.1) is 0 Å². The Balaban J connectivity index is 1.34. The summed E-state index contributed by atoms with van der Waals surface area (Å²) in [6.45, 7) is 3.03. The number of nitrogens with zero attached hydrogens (tertiary/aromatic N) is 4. The average molecular weight is 342 g/mol. The standard InChI is InChI=1S/C18H22N4O3/c23-7-1-2-17(24)21-9-14-11-22(12-15(14)10-21)18(25)13-3-4-16-19-5-6-20(16)8-13/h1-2,5-6,13,23H,3-4,7-12H2/b2-1+. The first kappa shape index (κ1) is 16.1. The third-order valence-corrected chi connectivity index (χ3v) is 5.30. The normalized spacial score (nSPS) is 22.7. The molecule has 1 unspecified atom stereocenters. The molecule has 3 aliphatic heterocycles. The minimum absolute atomic E-state index is 0.0203. The molecule has 7 nitrogen and oxygen atoms in total. The van der Waals surface area contributed by atoms with E-state index in [0.717, 1.165) is 18.7 Å². The van der Waals surface area contributed by atoms with Gasteiger partial charge < -0.3 is 19.5 Å². The molecule has 2 amide bonds. The molecule has 0 radical (unpaired) electrons. The number of imidazole rings is 1. The number of aromatic nitrogens is 2. The predicted molar refractivity (Wildman–Crippen MR) is 90.4 cm³/mol. The number of amides is 2. The zero-order valence-electron chi connectivity index (χ0n) is 14.1. The van der Waals surface area contributed by atoms with Crippen molar-refractivity contribution < 1.29 is 14.7 Å². The minimum Gasteiger partial charge on any atom is -0.392 e. The maximum absolute atomic E-state index is 12.9. The summed E-state index contributed by atoms with van der Waals surface area (Å²) in [6, 6.07) is 0. The van der Waals surface area contributed by atoms with Crippen molar-refractivity contribution in [2.45, 2.75) is 19.4 Å². The molecule has 1 aromatic heterocycles. The maximum atomic E-state index is 12.9. The van der Waals surface area contributed by atoms with Crippen LogP contribution >= 0.6 is 0 Å². The zero-order valence-corrected chi connectivity index (χ0v) is 14.1. The van der Waals surface area contributed by atoms with Crippen LogP contribution in [0.4, 0.5) is 0 Å². The van der Waals surface area contributed by atoms with Gasteiger partial charge in [0.2, 0.25) is 11.8 Å². The molecule has 0 bridgehead atoms. The molecule has 132 valence electrons. The van der Waals surface area contributed by atoms with E-state index in [0.29, 0.717) is 32.7 Å². The van der Waals surface area contributed by atoms with Gasteiger partial charge in [0.05, 0.1) is 12.5 Å². The number of aryl methyl sites for hydroxylation is 1. The number of rotatable bonds is 3. The quantitative estimate of drug-likeness (QED) is 0.618. The topological polar surface area (TPSA) is 78.7 Å². The highest BCUT2D eigenvalue weighted by molar-refractivity contribution is 5.89. The first-order valence-electron chi connectivity index (χ1n) is 8.70. The summed E-state index contributed by atoms with van der Waals surface area (Å²) >= 11 is 0. The van der Waals surface area contributed by atoms with E-state index in [9.17, 15) is 9.59 Å². The highest BCUT2D eigenvalue weighted by Gasteiger charge is 2.36. The van der Waals surface area contributed by atoms with Crippen LogP contribution in [0.5, 0.6) is 0 Å². The van der Waals surface area contributed by atoms with Gasteiger partial charge in [0.1, 0.15) is 5.82 Å². The fourth-order valence-electron chi connectivity index (χ4n) is 3.98. The van der Waals surface area contributed by atoms with Crippen molar-refractivity contribution in [2.75, 3.05) is 32.8 Å². The first-order chi connectivity index (χ1) is 12.2. The van der Waals surface area contributed by atoms with Gasteiger partial charge in [-0.1, -0.05) is 6.08 Å². The van der Waals surface area contributed by atoms with Gasteiger partial charge in [-0.05, 0) is 17.6 Å². The fourth-order valence-corrected chi connectivity index (χ4v) is 3.98. The average Bonchev–Trinajstić information content (AvgIpc) is 3.31. The summed E-state index contributed by atoms with van der Waals surface area (Å²) in [5.41, 5.74) is 2.39. The second kappa shape index (κ2) is 6.48. The van der Waals surface area contributed by atoms with Crippen LogP contribution in [-0.4, -0.2) is 69.1 Å². The van der Waals surface area contributed by atoms with Crippen molar-refractivity contribution in [3.05, 3.63) is 41.5 Å². The molecule has 4 heterocycles. The maximum Gasteiger partial charge on any atom is 0.246 e. The Labute approximate surface area is 146 Å². The van der Waals surface area contributed by atoms with Gasteiger partial charge in [-0.2, -0.15) is 0 Å². The van der Waals surface area contributed by atoms with E-state index in [1.54, 1.807) is 11.1 Å². The summed E-state index contributed by atoms with van der Waals surface area (Å²) in [5.74, 6) is 1.22. The van der Waals surface area contributed by atoms with Gasteiger partial charge >= 0.3 is 0 Å². The van der Waals surface area contributed by atoms with E-state index in [1.165, 1.54) is 23.3 Å². The molecule has 1 N–H and O–H groups in total. The Morgan fingerprint density at radius 3 is 2.64 bits per heavy atom. The molecule has 1 aromatic rings. The number of aliphatic hydroxyl groups excluding tert-OH is 1. The Morgan fingerprint density at radius 2 is 1.92 bits per heavy atom. The molecule has 25 heavy (non-hydrogen) atoms. The molecule has 0 spiro atoms. The molecule has 1 atom stereocenters. The van der Waals surface area contributed by atoms with Crippen LogP contribution < -0.4 is 0 Å². The minimum atomic E-state index is -0.130. The van der Waals surface area contributed by atoms with Crippen LogP contribution in [0.2, 0.25) is 0 Å². The van der Waals surface area contributed by atoms with Crippen LogP contribution in [0.25, 0.3) is 0 Å². The van der Waals surface area contributed by atoms with Crippen molar-refractivity contribution in [3.63, 3.8) is 0 Å². The summed E-state index contributed by atoms with van der Waals surface area (Å²) in [6.07, 6.45) is 8.31. The summed E-state index contributed by atoms with van der Waals surface area (Å²) in [7, 11) is 0. The van der Waals surface area contributed by atoms with E-state index in [-0.39, 0.29) is 24.3 Å². The molecule has 0 fully saturated rings. The zero-order chi connectivity index (χ0) is 17.4. The monoisotopic (exact) mass is 342 g/mol. The van der Waals surface area contributed by atoms with Crippen LogP contribution in [0, 0.1) is 5.92 Å². The number of aliphatic hydroxyl groups is 1.